The summed E-state index contributed by atoms with van der Waals surface area (Å²) in [4.78, 5) is 36.0. The number of nitrogens with one attached hydrogen (secondary N) is 2. The number of benzene rings is 2. The average molecular weight is 439 g/mol. The van der Waals surface area contributed by atoms with E-state index in [1.807, 2.05) is 50.2 Å². The highest BCUT2D eigenvalue weighted by atomic mass is 16.5. The summed E-state index contributed by atoms with van der Waals surface area (Å²) in [7, 11) is 0. The Hall–Kier alpha value is -3.35. The maximum atomic E-state index is 12.3. The van der Waals surface area contributed by atoms with Gasteiger partial charge in [-0.1, -0.05) is 62.4 Å². The summed E-state index contributed by atoms with van der Waals surface area (Å²) in [6, 6.07) is 15.3. The highest BCUT2D eigenvalue weighted by molar-refractivity contribution is 5.85. The minimum Gasteiger partial charge on any atom is -0.481 e. The Morgan fingerprint density at radius 2 is 1.53 bits per heavy atom. The van der Waals surface area contributed by atoms with Gasteiger partial charge in [0.05, 0.1) is 5.92 Å². The molecule has 0 aromatic heterocycles. The number of aliphatic carboxylic acids is 1. The van der Waals surface area contributed by atoms with Gasteiger partial charge in [0.1, 0.15) is 12.6 Å². The summed E-state index contributed by atoms with van der Waals surface area (Å²) in [5.41, 5.74) is 4.49. The van der Waals surface area contributed by atoms with Crippen molar-refractivity contribution in [2.75, 3.05) is 13.2 Å². The molecule has 3 rings (SSSR count). The molecule has 0 bridgehead atoms. The SMILES string of the molecule is CC(C)CC(CNC(=O)[C@@H](C)NC(=O)OCC1c2ccccc2-c2ccccc21)C(=O)O. The number of ether oxygens (including phenoxy) is 1. The predicted molar refractivity (Wildman–Crippen MR) is 121 cm³/mol. The van der Waals surface area contributed by atoms with E-state index in [0.29, 0.717) is 6.42 Å². The molecule has 0 saturated carbocycles. The van der Waals surface area contributed by atoms with Gasteiger partial charge in [-0.2, -0.15) is 0 Å². The fraction of sp³-hybridized carbons (Fsp3) is 0.400. The van der Waals surface area contributed by atoms with E-state index in [1.165, 1.54) is 6.92 Å². The number of carbonyl (C=O) groups is 3. The van der Waals surface area contributed by atoms with Gasteiger partial charge in [-0.15, -0.1) is 0 Å². The summed E-state index contributed by atoms with van der Waals surface area (Å²) < 4.78 is 5.45. The van der Waals surface area contributed by atoms with Crippen LogP contribution in [0.2, 0.25) is 0 Å². The van der Waals surface area contributed by atoms with Crippen LogP contribution in [-0.4, -0.2) is 42.3 Å². The number of carboxylic acids is 1. The van der Waals surface area contributed by atoms with Crippen molar-refractivity contribution in [3.8, 4) is 11.1 Å². The van der Waals surface area contributed by atoms with Gasteiger partial charge in [-0.25, -0.2) is 4.79 Å². The van der Waals surface area contributed by atoms with Crippen molar-refractivity contribution in [3.05, 3.63) is 59.7 Å². The lowest BCUT2D eigenvalue weighted by atomic mass is 9.97. The molecule has 0 spiro atoms. The number of rotatable bonds is 9. The van der Waals surface area contributed by atoms with Gasteiger partial charge in [-0.05, 0) is 41.5 Å². The number of hydrogen-bond acceptors (Lipinski definition) is 4. The van der Waals surface area contributed by atoms with Crippen LogP contribution >= 0.6 is 0 Å². The smallest absolute Gasteiger partial charge is 0.407 e. The van der Waals surface area contributed by atoms with E-state index in [0.717, 1.165) is 22.3 Å². The zero-order valence-electron chi connectivity index (χ0n) is 18.6. The highest BCUT2D eigenvalue weighted by Crippen LogP contribution is 2.44. The zero-order valence-corrected chi connectivity index (χ0v) is 18.6. The lowest BCUT2D eigenvalue weighted by Crippen LogP contribution is -2.47. The average Bonchev–Trinajstić information content (AvgIpc) is 3.08. The minimum absolute atomic E-state index is 0.0169. The van der Waals surface area contributed by atoms with Crippen molar-refractivity contribution in [1.82, 2.24) is 10.6 Å². The number of amides is 2. The second kappa shape index (κ2) is 10.3. The summed E-state index contributed by atoms with van der Waals surface area (Å²) >= 11 is 0. The molecule has 0 saturated heterocycles. The second-order valence-electron chi connectivity index (χ2n) is 8.60. The molecule has 0 heterocycles. The summed E-state index contributed by atoms with van der Waals surface area (Å²) in [6.45, 7) is 5.57. The van der Waals surface area contributed by atoms with Crippen molar-refractivity contribution in [1.29, 1.82) is 0 Å². The van der Waals surface area contributed by atoms with E-state index in [-0.39, 0.29) is 25.0 Å². The molecule has 0 radical (unpaired) electrons. The Kier molecular flexibility index (Phi) is 7.51. The fourth-order valence-electron chi connectivity index (χ4n) is 4.10. The summed E-state index contributed by atoms with van der Waals surface area (Å²) in [6.07, 6.45) is -0.226. The van der Waals surface area contributed by atoms with Crippen molar-refractivity contribution in [3.63, 3.8) is 0 Å². The first-order chi connectivity index (χ1) is 15.3. The van der Waals surface area contributed by atoms with Crippen LogP contribution in [0.5, 0.6) is 0 Å². The first-order valence-electron chi connectivity index (χ1n) is 10.9. The molecule has 2 atom stereocenters. The monoisotopic (exact) mass is 438 g/mol. The lowest BCUT2D eigenvalue weighted by Gasteiger charge is -2.19. The van der Waals surface area contributed by atoms with Crippen LogP contribution in [0, 0.1) is 11.8 Å². The Labute approximate surface area is 188 Å². The minimum atomic E-state index is -0.948. The lowest BCUT2D eigenvalue weighted by molar-refractivity contribution is -0.142. The van der Waals surface area contributed by atoms with Crippen LogP contribution in [0.1, 0.15) is 44.2 Å². The molecule has 1 aliphatic rings. The quantitative estimate of drug-likeness (QED) is 0.553. The van der Waals surface area contributed by atoms with E-state index in [1.54, 1.807) is 0 Å². The number of alkyl carbamates (subject to hydrolysis) is 1. The van der Waals surface area contributed by atoms with Crippen LogP contribution in [0.4, 0.5) is 4.79 Å². The van der Waals surface area contributed by atoms with Crippen LogP contribution in [-0.2, 0) is 14.3 Å². The van der Waals surface area contributed by atoms with Gasteiger partial charge < -0.3 is 20.5 Å². The molecule has 1 unspecified atom stereocenters. The maximum absolute atomic E-state index is 12.3. The molecular formula is C25H30N2O5. The van der Waals surface area contributed by atoms with Gasteiger partial charge in [0.25, 0.3) is 0 Å². The van der Waals surface area contributed by atoms with Gasteiger partial charge in [0.2, 0.25) is 5.91 Å². The summed E-state index contributed by atoms with van der Waals surface area (Å²) in [5.74, 6) is -1.93. The Morgan fingerprint density at radius 3 is 2.06 bits per heavy atom. The van der Waals surface area contributed by atoms with Crippen molar-refractivity contribution < 1.29 is 24.2 Å². The molecule has 3 N–H and O–H groups in total. The molecular weight excluding hydrogens is 408 g/mol. The van der Waals surface area contributed by atoms with Crippen molar-refractivity contribution >= 4 is 18.0 Å². The molecule has 170 valence electrons. The van der Waals surface area contributed by atoms with Crippen LogP contribution in [0.25, 0.3) is 11.1 Å². The molecule has 7 nitrogen and oxygen atoms in total. The van der Waals surface area contributed by atoms with Gasteiger partial charge >= 0.3 is 12.1 Å². The van der Waals surface area contributed by atoms with Crippen LogP contribution in [0.3, 0.4) is 0 Å². The highest BCUT2D eigenvalue weighted by Gasteiger charge is 2.29. The topological polar surface area (TPSA) is 105 Å². The predicted octanol–water partition coefficient (Wildman–Crippen LogP) is 3.78. The molecule has 2 aromatic carbocycles. The third kappa shape index (κ3) is 5.46. The van der Waals surface area contributed by atoms with Crippen LogP contribution in [0.15, 0.2) is 48.5 Å². The number of carboxylic acid groups (broad SMARTS) is 1. The Bertz CT molecular complexity index is 942. The zero-order chi connectivity index (χ0) is 23.3. The first-order valence-corrected chi connectivity index (χ1v) is 10.9. The Morgan fingerprint density at radius 1 is 0.969 bits per heavy atom. The maximum Gasteiger partial charge on any atom is 0.407 e. The van der Waals surface area contributed by atoms with E-state index in [2.05, 4.69) is 22.8 Å². The number of fused-ring (bicyclic) bond motifs is 3. The molecule has 7 heteroatoms. The van der Waals surface area contributed by atoms with Gasteiger partial charge in [0.15, 0.2) is 0 Å². The van der Waals surface area contributed by atoms with E-state index >= 15 is 0 Å². The molecule has 1 aliphatic carbocycles. The van der Waals surface area contributed by atoms with E-state index < -0.39 is 29.9 Å². The standard InChI is InChI=1S/C25H30N2O5/c1-15(2)12-17(24(29)30)13-26-23(28)16(3)27-25(31)32-14-22-20-10-6-4-8-18(20)19-9-5-7-11-21(19)22/h4-11,15-17,22H,12-14H2,1-3H3,(H,26,28)(H,27,31)(H,29,30)/t16-,17?/m1/s1. The largest absolute Gasteiger partial charge is 0.481 e. The molecule has 32 heavy (non-hydrogen) atoms. The molecule has 0 fully saturated rings. The second-order valence-corrected chi connectivity index (χ2v) is 8.60. The first kappa shape index (κ1) is 23.3. The van der Waals surface area contributed by atoms with E-state index in [4.69, 9.17) is 4.74 Å². The van der Waals surface area contributed by atoms with Gasteiger partial charge in [0, 0.05) is 12.5 Å². The van der Waals surface area contributed by atoms with Crippen LogP contribution < -0.4 is 10.6 Å². The van der Waals surface area contributed by atoms with Crippen molar-refractivity contribution in [2.45, 2.75) is 39.2 Å². The number of hydrogen-bond donors (Lipinski definition) is 3. The summed E-state index contributed by atoms with van der Waals surface area (Å²) in [5, 5.41) is 14.4. The van der Waals surface area contributed by atoms with E-state index in [9.17, 15) is 19.5 Å². The third-order valence-corrected chi connectivity index (χ3v) is 5.70. The molecule has 2 amide bonds. The van der Waals surface area contributed by atoms with Crippen molar-refractivity contribution in [2.24, 2.45) is 11.8 Å². The number of carbonyl (C=O) groups excluding carboxylic acids is 2. The fourth-order valence-corrected chi connectivity index (χ4v) is 4.10. The van der Waals surface area contributed by atoms with Gasteiger partial charge in [-0.3, -0.25) is 9.59 Å². The Balaban J connectivity index is 1.53. The molecule has 0 aliphatic heterocycles. The third-order valence-electron chi connectivity index (χ3n) is 5.70. The normalized spacial score (nSPS) is 14.2. The molecule has 2 aromatic rings.